The van der Waals surface area contributed by atoms with Gasteiger partial charge in [-0.2, -0.15) is 0 Å². The maximum Gasteiger partial charge on any atom is 0.00933 e. The number of nitrogens with one attached hydrogen (secondary N) is 1. The first-order valence-corrected chi connectivity index (χ1v) is 8.15. The molecule has 0 aliphatic heterocycles. The van der Waals surface area contributed by atoms with Crippen LogP contribution >= 0.6 is 0 Å². The molecule has 0 aromatic heterocycles. The van der Waals surface area contributed by atoms with Crippen LogP contribution < -0.4 is 5.32 Å². The Morgan fingerprint density at radius 3 is 2.17 bits per heavy atom. The fourth-order valence-electron chi connectivity index (χ4n) is 3.13. The highest BCUT2D eigenvalue weighted by atomic mass is 15.1. The minimum atomic E-state index is 0.781. The van der Waals surface area contributed by atoms with Crippen molar-refractivity contribution in [3.05, 3.63) is 0 Å². The Hall–Kier alpha value is -0.0800. The van der Waals surface area contributed by atoms with Gasteiger partial charge in [0.2, 0.25) is 0 Å². The number of hydrogen-bond acceptors (Lipinski definition) is 2. The normalized spacial score (nSPS) is 24.7. The zero-order valence-corrected chi connectivity index (χ0v) is 12.9. The van der Waals surface area contributed by atoms with E-state index >= 15 is 0 Å². The van der Waals surface area contributed by atoms with Crippen molar-refractivity contribution in [3.8, 4) is 0 Å². The third-order valence-electron chi connectivity index (χ3n) is 4.59. The predicted molar refractivity (Wildman–Crippen MR) is 81.1 cm³/mol. The van der Waals surface area contributed by atoms with Crippen molar-refractivity contribution < 1.29 is 0 Å². The van der Waals surface area contributed by atoms with Crippen molar-refractivity contribution in [2.75, 3.05) is 20.6 Å². The fourth-order valence-corrected chi connectivity index (χ4v) is 3.13. The smallest absolute Gasteiger partial charge is 0.00933 e. The van der Waals surface area contributed by atoms with Gasteiger partial charge in [0, 0.05) is 12.1 Å². The van der Waals surface area contributed by atoms with Gasteiger partial charge in [-0.3, -0.25) is 0 Å². The molecule has 1 N–H and O–H groups in total. The molecule has 0 atom stereocenters. The number of nitrogens with zero attached hydrogens (tertiary/aromatic N) is 1. The van der Waals surface area contributed by atoms with Gasteiger partial charge < -0.3 is 10.2 Å². The summed E-state index contributed by atoms with van der Waals surface area (Å²) in [6.45, 7) is 3.59. The van der Waals surface area contributed by atoms with Crippen LogP contribution in [0.3, 0.4) is 0 Å². The van der Waals surface area contributed by atoms with E-state index < -0.39 is 0 Å². The monoisotopic (exact) mass is 254 g/mol. The molecule has 1 rings (SSSR count). The molecule has 1 saturated carbocycles. The second-order valence-corrected chi connectivity index (χ2v) is 6.04. The summed E-state index contributed by atoms with van der Waals surface area (Å²) in [6, 6.07) is 1.63. The maximum absolute atomic E-state index is 3.42. The van der Waals surface area contributed by atoms with Gasteiger partial charge in [-0.25, -0.2) is 0 Å². The minimum Gasteiger partial charge on any atom is -0.317 e. The third kappa shape index (κ3) is 6.19. The summed E-state index contributed by atoms with van der Waals surface area (Å²) in [6.07, 6.45) is 14.0. The molecule has 1 fully saturated rings. The van der Waals surface area contributed by atoms with Crippen molar-refractivity contribution >= 4 is 0 Å². The van der Waals surface area contributed by atoms with Crippen molar-refractivity contribution in [1.29, 1.82) is 0 Å². The molecule has 0 aromatic rings. The molecular weight excluding hydrogens is 220 g/mol. The van der Waals surface area contributed by atoms with Crippen LogP contribution in [0.1, 0.15) is 71.1 Å². The Labute approximate surface area is 115 Å². The summed E-state index contributed by atoms with van der Waals surface area (Å²) in [5, 5.41) is 3.42. The highest BCUT2D eigenvalue weighted by Gasteiger charge is 2.22. The van der Waals surface area contributed by atoms with Gasteiger partial charge in [-0.15, -0.1) is 0 Å². The molecule has 1 aliphatic rings. The lowest BCUT2D eigenvalue weighted by Gasteiger charge is -2.34. The van der Waals surface area contributed by atoms with Crippen LogP contribution in [-0.4, -0.2) is 37.6 Å². The van der Waals surface area contributed by atoms with Gasteiger partial charge in [-0.05, 0) is 52.7 Å². The van der Waals surface area contributed by atoms with Gasteiger partial charge in [0.05, 0.1) is 0 Å². The fraction of sp³-hybridized carbons (Fsp3) is 1.00. The second-order valence-electron chi connectivity index (χ2n) is 6.04. The molecule has 0 spiro atoms. The average Bonchev–Trinajstić information content (AvgIpc) is 2.42. The molecule has 1 aliphatic carbocycles. The quantitative estimate of drug-likeness (QED) is 0.629. The molecule has 108 valence electrons. The van der Waals surface area contributed by atoms with E-state index in [9.17, 15) is 0 Å². The molecule has 18 heavy (non-hydrogen) atoms. The standard InChI is InChI=1S/C16H34N2/c1-4-5-6-7-8-9-14-18(3)16-12-10-15(17-2)11-13-16/h15-17H,4-14H2,1-3H3. The summed E-state index contributed by atoms with van der Waals surface area (Å²) >= 11 is 0. The average molecular weight is 254 g/mol. The van der Waals surface area contributed by atoms with Crippen molar-refractivity contribution in [3.63, 3.8) is 0 Å². The Balaban J connectivity index is 2.01. The maximum atomic E-state index is 3.42. The highest BCUT2D eigenvalue weighted by Crippen LogP contribution is 2.22. The van der Waals surface area contributed by atoms with Gasteiger partial charge in [0.15, 0.2) is 0 Å². The Bertz CT molecular complexity index is 186. The predicted octanol–water partition coefficient (Wildman–Crippen LogP) is 3.81. The van der Waals surface area contributed by atoms with E-state index in [0.29, 0.717) is 0 Å². The first kappa shape index (κ1) is 16.0. The minimum absolute atomic E-state index is 0.781. The Kier molecular flexibility index (Phi) is 8.70. The first-order valence-electron chi connectivity index (χ1n) is 8.15. The lowest BCUT2D eigenvalue weighted by atomic mass is 9.90. The molecule has 0 unspecified atom stereocenters. The van der Waals surface area contributed by atoms with Crippen LogP contribution in [0.15, 0.2) is 0 Å². The number of rotatable bonds is 9. The number of hydrogen-bond donors (Lipinski definition) is 1. The summed E-state index contributed by atoms with van der Waals surface area (Å²) in [5.41, 5.74) is 0. The SMILES string of the molecule is CCCCCCCCN(C)C1CCC(NC)CC1. The first-order chi connectivity index (χ1) is 8.77. The van der Waals surface area contributed by atoms with Gasteiger partial charge in [0.1, 0.15) is 0 Å². The zero-order valence-electron chi connectivity index (χ0n) is 12.9. The molecule has 0 radical (unpaired) electrons. The summed E-state index contributed by atoms with van der Waals surface area (Å²) in [5.74, 6) is 0. The molecule has 2 nitrogen and oxygen atoms in total. The topological polar surface area (TPSA) is 15.3 Å². The zero-order chi connectivity index (χ0) is 13.2. The summed E-state index contributed by atoms with van der Waals surface area (Å²) < 4.78 is 0. The van der Waals surface area contributed by atoms with Crippen LogP contribution in [0.25, 0.3) is 0 Å². The third-order valence-corrected chi connectivity index (χ3v) is 4.59. The van der Waals surface area contributed by atoms with Crippen LogP contribution in [-0.2, 0) is 0 Å². The molecule has 0 heterocycles. The van der Waals surface area contributed by atoms with Crippen LogP contribution in [0.5, 0.6) is 0 Å². The van der Waals surface area contributed by atoms with Gasteiger partial charge in [0.25, 0.3) is 0 Å². The van der Waals surface area contributed by atoms with Crippen LogP contribution in [0, 0.1) is 0 Å². The molecule has 0 bridgehead atoms. The Morgan fingerprint density at radius 2 is 1.56 bits per heavy atom. The van der Waals surface area contributed by atoms with Crippen molar-refractivity contribution in [1.82, 2.24) is 10.2 Å². The van der Waals surface area contributed by atoms with Crippen molar-refractivity contribution in [2.45, 2.75) is 83.2 Å². The largest absolute Gasteiger partial charge is 0.317 e. The van der Waals surface area contributed by atoms with E-state index in [4.69, 9.17) is 0 Å². The van der Waals surface area contributed by atoms with E-state index in [1.54, 1.807) is 0 Å². The van der Waals surface area contributed by atoms with Crippen molar-refractivity contribution in [2.24, 2.45) is 0 Å². The summed E-state index contributed by atoms with van der Waals surface area (Å²) in [4.78, 5) is 2.62. The van der Waals surface area contributed by atoms with Gasteiger partial charge >= 0.3 is 0 Å². The van der Waals surface area contributed by atoms with E-state index in [2.05, 4.69) is 31.2 Å². The molecular formula is C16H34N2. The van der Waals surface area contributed by atoms with E-state index in [0.717, 1.165) is 12.1 Å². The van der Waals surface area contributed by atoms with E-state index in [1.165, 1.54) is 70.8 Å². The van der Waals surface area contributed by atoms with Crippen LogP contribution in [0.2, 0.25) is 0 Å². The Morgan fingerprint density at radius 1 is 0.944 bits per heavy atom. The van der Waals surface area contributed by atoms with E-state index in [-0.39, 0.29) is 0 Å². The lowest BCUT2D eigenvalue weighted by Crippen LogP contribution is -2.40. The molecule has 0 aromatic carbocycles. The van der Waals surface area contributed by atoms with Crippen LogP contribution in [0.4, 0.5) is 0 Å². The molecule has 0 saturated heterocycles. The summed E-state index contributed by atoms with van der Waals surface area (Å²) in [7, 11) is 4.43. The second kappa shape index (κ2) is 9.80. The van der Waals surface area contributed by atoms with E-state index in [1.807, 2.05) is 0 Å². The molecule has 0 amide bonds. The van der Waals surface area contributed by atoms with Gasteiger partial charge in [-0.1, -0.05) is 39.0 Å². The molecule has 2 heteroatoms. The lowest BCUT2D eigenvalue weighted by molar-refractivity contribution is 0.173. The number of unbranched alkanes of at least 4 members (excludes halogenated alkanes) is 5. The highest BCUT2D eigenvalue weighted by molar-refractivity contribution is 4.80.